The number of benzene rings is 12. The van der Waals surface area contributed by atoms with E-state index in [1.165, 1.54) is 6.07 Å². The Labute approximate surface area is 508 Å². The Morgan fingerprint density at radius 3 is 1.27 bits per heavy atom. The summed E-state index contributed by atoms with van der Waals surface area (Å²) < 4.78 is 196. The summed E-state index contributed by atoms with van der Waals surface area (Å²) in [5.41, 5.74) is 3.25. The quantitative estimate of drug-likeness (QED) is 0.142. The van der Waals surface area contributed by atoms with E-state index in [-0.39, 0.29) is 50.4 Å². The summed E-state index contributed by atoms with van der Waals surface area (Å²) in [6.07, 6.45) is 0. The topological polar surface area (TPSA) is 79.2 Å². The van der Waals surface area contributed by atoms with Gasteiger partial charge in [0.05, 0.1) is 78.2 Å². The second-order valence-corrected chi connectivity index (χ2v) is 19.8. The van der Waals surface area contributed by atoms with Crippen molar-refractivity contribution in [1.82, 2.24) is 24.1 Å². The minimum absolute atomic E-state index is 0.0645. The van der Waals surface area contributed by atoms with Crippen LogP contribution >= 0.6 is 0 Å². The van der Waals surface area contributed by atoms with Crippen LogP contribution < -0.4 is 0 Å². The lowest BCUT2D eigenvalue weighted by atomic mass is 9.94. The Morgan fingerprint density at radius 2 is 0.786 bits per heavy atom. The van der Waals surface area contributed by atoms with Crippen molar-refractivity contribution in [1.29, 1.82) is 0 Å². The van der Waals surface area contributed by atoms with Crippen molar-refractivity contribution >= 4 is 93.2 Å². The molecule has 0 unspecified atom stereocenters. The van der Waals surface area contributed by atoms with Gasteiger partial charge in [-0.3, -0.25) is 0 Å². The van der Waals surface area contributed by atoms with E-state index in [0.717, 1.165) is 10.8 Å². The summed E-state index contributed by atoms with van der Waals surface area (Å²) in [5, 5.41) is 4.59. The lowest BCUT2D eigenvalue weighted by Crippen LogP contribution is -2.08. The molecule has 0 N–H and O–H groups in total. The smallest absolute Gasteiger partial charge is 0.212 e. The first-order valence-electron chi connectivity index (χ1n) is 36.4. The molecule has 5 aromatic heterocycles. The van der Waals surface area contributed by atoms with Crippen LogP contribution in [0.3, 0.4) is 0 Å². The third kappa shape index (κ3) is 7.23. The number of aromatic nitrogens is 5. The maximum absolute atomic E-state index is 9.55. The van der Waals surface area contributed by atoms with Crippen molar-refractivity contribution < 1.29 is 36.2 Å². The molecule has 0 atom stereocenters. The second kappa shape index (κ2) is 18.7. The third-order valence-electron chi connectivity index (χ3n) is 15.3. The monoisotopic (exact) mass is 1090 g/mol. The summed E-state index contributed by atoms with van der Waals surface area (Å²) in [5.74, 6) is -1.62. The maximum atomic E-state index is 9.55. The molecule has 0 saturated carbocycles. The van der Waals surface area contributed by atoms with E-state index in [4.69, 9.17) is 35.3 Å². The fraction of sp³-hybridized carbons (Fsp3) is 0. The average molecular weight is 1090 g/mol. The zero-order chi connectivity index (χ0) is 72.8. The van der Waals surface area contributed by atoms with Crippen molar-refractivity contribution in [3.63, 3.8) is 0 Å². The molecule has 0 fully saturated rings. The predicted molar refractivity (Wildman–Crippen MR) is 342 cm³/mol. The highest BCUT2D eigenvalue weighted by molar-refractivity contribution is 6.27. The molecule has 5 heterocycles. The van der Waals surface area contributed by atoms with E-state index in [9.17, 15) is 17.5 Å². The first-order chi connectivity index (χ1) is 49.9. The molecule has 390 valence electrons. The maximum Gasteiger partial charge on any atom is 0.212 e. The van der Waals surface area contributed by atoms with Crippen molar-refractivity contribution in [2.75, 3.05) is 0 Å². The molecule has 0 amide bonds. The number of para-hydroxylation sites is 2. The van der Waals surface area contributed by atoms with Gasteiger partial charge in [-0.2, -0.15) is 0 Å². The number of hydrogen-bond acceptors (Lipinski definition) is 5. The Morgan fingerprint density at radius 1 is 0.357 bits per heavy atom. The van der Waals surface area contributed by atoms with Crippen LogP contribution in [0.5, 0.6) is 0 Å². The molecule has 0 saturated heterocycles. The van der Waals surface area contributed by atoms with Crippen LogP contribution in [0, 0.1) is 6.57 Å². The Balaban J connectivity index is 1.11. The Hall–Kier alpha value is -11.7. The highest BCUT2D eigenvalue weighted by atomic mass is 16.3. The molecule has 17 rings (SSSR count). The van der Waals surface area contributed by atoms with Gasteiger partial charge in [-0.1, -0.05) is 200 Å². The third-order valence-corrected chi connectivity index (χ3v) is 15.3. The number of fused-ring (bicyclic) bond motifs is 14. The van der Waals surface area contributed by atoms with Gasteiger partial charge in [0.2, 0.25) is 5.69 Å². The SMILES string of the molecule is [2H]c1c([2H])c([2H])c(-c2ccc3c(c2)c2c4oc5ccccc5c4ccc2n3-c2c([N+]#[C-])cc(-c3nc(-c4c([2H])c([2H])c([2H])c([2H])c4[2H])nc(-c4c([2H])c([2H])c([2H])c([2H])c4[2H])n3)c(-n3c4ccc(-c5c([2H])c([2H])c([2H])c([2H])c5[2H])cc4c4c5oc6ccccc6c5ccc43)c2-c2ccccc2)c([2H])c1[2H]. The minimum Gasteiger partial charge on any atom is -0.455 e. The minimum atomic E-state index is -0.782. The van der Waals surface area contributed by atoms with Gasteiger partial charge in [0.1, 0.15) is 22.3 Å². The van der Waals surface area contributed by atoms with Gasteiger partial charge in [-0.05, 0) is 94.5 Å². The van der Waals surface area contributed by atoms with Crippen LogP contribution in [0.1, 0.15) is 27.4 Å². The first kappa shape index (κ1) is 31.4. The van der Waals surface area contributed by atoms with Gasteiger partial charge in [0, 0.05) is 54.6 Å². The molecule has 8 heteroatoms. The molecule has 17 aromatic rings. The number of nitrogens with zero attached hydrogens (tertiary/aromatic N) is 6. The second-order valence-electron chi connectivity index (χ2n) is 19.8. The summed E-state index contributed by atoms with van der Waals surface area (Å²) >= 11 is 0. The molecular weight excluding hydrogens is 1030 g/mol. The zero-order valence-electron chi connectivity index (χ0n) is 63.4. The summed E-state index contributed by atoms with van der Waals surface area (Å²) in [6.45, 7) is 9.55. The molecule has 0 aliphatic heterocycles. The molecule has 0 radical (unpaired) electrons. The van der Waals surface area contributed by atoms with Crippen molar-refractivity contribution in [3.8, 4) is 78.9 Å². The Bertz CT molecular complexity index is 6630. The fourth-order valence-electron chi connectivity index (χ4n) is 11.8. The van der Waals surface area contributed by atoms with Gasteiger partial charge >= 0.3 is 0 Å². The number of rotatable bonds is 8. The van der Waals surface area contributed by atoms with Crippen LogP contribution in [0.25, 0.3) is 171 Å². The molecule has 0 aliphatic rings. The van der Waals surface area contributed by atoms with Crippen LogP contribution in [0.4, 0.5) is 5.69 Å². The molecular formula is C76H44N6O2. The van der Waals surface area contributed by atoms with Crippen LogP contribution in [-0.4, -0.2) is 24.1 Å². The summed E-state index contributed by atoms with van der Waals surface area (Å²) in [6, 6.07) is 29.7. The van der Waals surface area contributed by atoms with E-state index < -0.39 is 149 Å². The highest BCUT2D eigenvalue weighted by Gasteiger charge is 2.31. The molecule has 0 bridgehead atoms. The van der Waals surface area contributed by atoms with Crippen molar-refractivity contribution in [3.05, 3.63) is 278 Å². The lowest BCUT2D eigenvalue weighted by Gasteiger charge is -2.24. The van der Waals surface area contributed by atoms with Crippen molar-refractivity contribution in [2.24, 2.45) is 0 Å². The van der Waals surface area contributed by atoms with Gasteiger partial charge < -0.3 is 18.0 Å². The largest absolute Gasteiger partial charge is 0.455 e. The fourth-order valence-corrected chi connectivity index (χ4v) is 11.8. The van der Waals surface area contributed by atoms with Gasteiger partial charge in [-0.25, -0.2) is 19.8 Å². The van der Waals surface area contributed by atoms with Crippen LogP contribution in [-0.2, 0) is 0 Å². The van der Waals surface area contributed by atoms with E-state index in [2.05, 4.69) is 9.83 Å². The highest BCUT2D eigenvalue weighted by Crippen LogP contribution is 2.52. The number of hydrogen-bond donors (Lipinski definition) is 0. The number of furan rings is 2. The van der Waals surface area contributed by atoms with E-state index in [1.807, 2.05) is 75.9 Å². The van der Waals surface area contributed by atoms with Crippen molar-refractivity contribution in [2.45, 2.75) is 0 Å². The van der Waals surface area contributed by atoms with Gasteiger partial charge in [0.25, 0.3) is 0 Å². The molecule has 0 spiro atoms. The van der Waals surface area contributed by atoms with Gasteiger partial charge in [0.15, 0.2) is 17.5 Å². The molecule has 0 aliphatic carbocycles. The molecule has 12 aromatic carbocycles. The van der Waals surface area contributed by atoms with Crippen LogP contribution in [0.2, 0.25) is 0 Å². The predicted octanol–water partition coefficient (Wildman–Crippen LogP) is 20.4. The van der Waals surface area contributed by atoms with E-state index in [1.54, 1.807) is 72.8 Å². The normalized spacial score (nSPS) is 15.1. The zero-order valence-corrected chi connectivity index (χ0v) is 43.4. The molecule has 84 heavy (non-hydrogen) atoms. The Kier molecular flexibility index (Phi) is 6.99. The van der Waals surface area contributed by atoms with Crippen LogP contribution in [0.15, 0.2) is 275 Å². The standard InChI is InChI=1S/C76H44N6O2/c1-77-60-45-59(76-79-74(49-27-13-5-14-28-49)78-75(80-76)50-29-15-6-16-30-50)70(81-61-39-35-51(46-21-7-2-8-22-46)43-57(61)68-63(81)41-37-55-53-31-17-19-33-65(53)83-72(55)68)67(48-25-11-4-12-26-48)71(60)82-62-40-36-52(47-23-9-3-10-24-47)44-58(62)69-64(82)42-38-56-54-32-18-20-34-66(54)84-73(56)69/h2-45H/i2D,3D,5D,6D,7D,8D,9D,10D,13D,14D,15D,16D,21D,22D,23D,24D,27D,28D,29D,30D. The van der Waals surface area contributed by atoms with Gasteiger partial charge in [-0.15, -0.1) is 0 Å². The van der Waals surface area contributed by atoms with E-state index >= 15 is 0 Å². The molecule has 8 nitrogen and oxygen atoms in total. The first-order valence-corrected chi connectivity index (χ1v) is 26.4. The average Bonchev–Trinajstić information content (AvgIpc) is 1.51. The summed E-state index contributed by atoms with van der Waals surface area (Å²) in [7, 11) is 0. The summed E-state index contributed by atoms with van der Waals surface area (Å²) in [4.78, 5) is 19.1. The lowest BCUT2D eigenvalue weighted by molar-refractivity contribution is 0.672. The van der Waals surface area contributed by atoms with E-state index in [0.29, 0.717) is 82.3 Å².